The highest BCUT2D eigenvalue weighted by Gasteiger charge is 2.05. The van der Waals surface area contributed by atoms with Crippen molar-refractivity contribution >= 4 is 11.2 Å². The molecule has 3 rings (SSSR count). The number of rotatable bonds is 2. The number of imidazole rings is 1. The van der Waals surface area contributed by atoms with E-state index in [1.165, 1.54) is 0 Å². The molecule has 80 valence electrons. The van der Waals surface area contributed by atoms with Crippen LogP contribution < -0.4 is 0 Å². The van der Waals surface area contributed by atoms with Gasteiger partial charge in [0.1, 0.15) is 5.76 Å². The number of nitrogens with zero attached hydrogens (tertiary/aromatic N) is 4. The van der Waals surface area contributed by atoms with E-state index in [0.29, 0.717) is 12.4 Å². The molecule has 3 heterocycles. The summed E-state index contributed by atoms with van der Waals surface area (Å²) in [7, 11) is 0. The second-order valence-electron chi connectivity index (χ2n) is 3.56. The molecule has 0 amide bonds. The summed E-state index contributed by atoms with van der Waals surface area (Å²) in [5.41, 5.74) is 1.75. The Bertz CT molecular complexity index is 625. The van der Waals surface area contributed by atoms with Crippen molar-refractivity contribution in [2.24, 2.45) is 0 Å². The zero-order valence-corrected chi connectivity index (χ0v) is 8.79. The van der Waals surface area contributed by atoms with Crippen LogP contribution in [-0.4, -0.2) is 19.5 Å². The third-order valence-corrected chi connectivity index (χ3v) is 2.39. The van der Waals surface area contributed by atoms with Crippen LogP contribution in [0.3, 0.4) is 0 Å². The SMILES string of the molecule is Cc1ncc(Cn2cnc3ncccc32)o1. The maximum absolute atomic E-state index is 5.43. The monoisotopic (exact) mass is 214 g/mol. The van der Waals surface area contributed by atoms with E-state index in [1.54, 1.807) is 18.7 Å². The molecule has 0 aliphatic heterocycles. The van der Waals surface area contributed by atoms with Gasteiger partial charge in [-0.3, -0.25) is 0 Å². The summed E-state index contributed by atoms with van der Waals surface area (Å²) in [6, 6.07) is 3.88. The molecule has 0 atom stereocenters. The number of hydrogen-bond acceptors (Lipinski definition) is 4. The van der Waals surface area contributed by atoms with Gasteiger partial charge in [-0.15, -0.1) is 0 Å². The Morgan fingerprint density at radius 3 is 3.06 bits per heavy atom. The Hall–Kier alpha value is -2.17. The molecule has 0 radical (unpaired) electrons. The van der Waals surface area contributed by atoms with Crippen molar-refractivity contribution in [2.75, 3.05) is 0 Å². The Balaban J connectivity index is 2.00. The van der Waals surface area contributed by atoms with Crippen LogP contribution in [0.2, 0.25) is 0 Å². The standard InChI is InChI=1S/C11H10N4O/c1-8-13-5-9(16-8)6-15-7-14-11-10(15)3-2-4-12-11/h2-5,7H,6H2,1H3. The molecule has 0 saturated heterocycles. The van der Waals surface area contributed by atoms with Gasteiger partial charge in [0.05, 0.1) is 24.6 Å². The molecule has 5 nitrogen and oxygen atoms in total. The van der Waals surface area contributed by atoms with Gasteiger partial charge in [0.15, 0.2) is 11.5 Å². The minimum Gasteiger partial charge on any atom is -0.444 e. The van der Waals surface area contributed by atoms with Gasteiger partial charge < -0.3 is 8.98 Å². The highest BCUT2D eigenvalue weighted by Crippen LogP contribution is 2.12. The van der Waals surface area contributed by atoms with Crippen LogP contribution in [0.15, 0.2) is 35.3 Å². The Labute approximate surface area is 91.8 Å². The molecule has 3 aromatic rings. The van der Waals surface area contributed by atoms with Crippen LogP contribution in [-0.2, 0) is 6.54 Å². The largest absolute Gasteiger partial charge is 0.444 e. The van der Waals surface area contributed by atoms with E-state index < -0.39 is 0 Å². The van der Waals surface area contributed by atoms with Crippen molar-refractivity contribution in [3.8, 4) is 0 Å². The number of oxazole rings is 1. The van der Waals surface area contributed by atoms with E-state index in [0.717, 1.165) is 16.9 Å². The van der Waals surface area contributed by atoms with Gasteiger partial charge in [0.2, 0.25) is 0 Å². The first-order valence-electron chi connectivity index (χ1n) is 5.00. The fourth-order valence-corrected chi connectivity index (χ4v) is 1.67. The van der Waals surface area contributed by atoms with Gasteiger partial charge in [0.25, 0.3) is 0 Å². The Kier molecular flexibility index (Phi) is 1.96. The molecule has 0 unspecified atom stereocenters. The van der Waals surface area contributed by atoms with Crippen LogP contribution in [0.5, 0.6) is 0 Å². The van der Waals surface area contributed by atoms with E-state index >= 15 is 0 Å². The van der Waals surface area contributed by atoms with Gasteiger partial charge in [-0.05, 0) is 12.1 Å². The minimum absolute atomic E-state index is 0.628. The molecule has 0 spiro atoms. The highest BCUT2D eigenvalue weighted by molar-refractivity contribution is 5.70. The second kappa shape index (κ2) is 3.44. The van der Waals surface area contributed by atoms with E-state index in [4.69, 9.17) is 4.42 Å². The number of fused-ring (bicyclic) bond motifs is 1. The molecular formula is C11H10N4O. The molecule has 0 N–H and O–H groups in total. The Morgan fingerprint density at radius 2 is 2.25 bits per heavy atom. The average molecular weight is 214 g/mol. The van der Waals surface area contributed by atoms with Crippen molar-refractivity contribution in [3.63, 3.8) is 0 Å². The lowest BCUT2D eigenvalue weighted by molar-refractivity contribution is 0.465. The third-order valence-electron chi connectivity index (χ3n) is 2.39. The zero-order valence-electron chi connectivity index (χ0n) is 8.79. The lowest BCUT2D eigenvalue weighted by atomic mass is 10.4. The van der Waals surface area contributed by atoms with Gasteiger partial charge in [-0.2, -0.15) is 0 Å². The fourth-order valence-electron chi connectivity index (χ4n) is 1.67. The van der Waals surface area contributed by atoms with Crippen LogP contribution in [0, 0.1) is 6.92 Å². The summed E-state index contributed by atoms with van der Waals surface area (Å²) >= 11 is 0. The number of aromatic nitrogens is 4. The molecule has 3 aromatic heterocycles. The van der Waals surface area contributed by atoms with Crippen LogP contribution in [0.4, 0.5) is 0 Å². The van der Waals surface area contributed by atoms with E-state index in [-0.39, 0.29) is 0 Å². The molecule has 0 aliphatic carbocycles. The summed E-state index contributed by atoms with van der Waals surface area (Å²) in [5, 5.41) is 0. The molecule has 0 bridgehead atoms. The van der Waals surface area contributed by atoms with Crippen molar-refractivity contribution in [3.05, 3.63) is 42.5 Å². The van der Waals surface area contributed by atoms with Crippen molar-refractivity contribution in [1.29, 1.82) is 0 Å². The maximum Gasteiger partial charge on any atom is 0.191 e. The molecule has 16 heavy (non-hydrogen) atoms. The van der Waals surface area contributed by atoms with Gasteiger partial charge >= 0.3 is 0 Å². The molecule has 5 heteroatoms. The van der Waals surface area contributed by atoms with Gasteiger partial charge in [-0.25, -0.2) is 15.0 Å². The quantitative estimate of drug-likeness (QED) is 0.652. The molecule has 0 aromatic carbocycles. The number of aryl methyl sites for hydroxylation is 1. The highest BCUT2D eigenvalue weighted by atomic mass is 16.4. The summed E-state index contributed by atoms with van der Waals surface area (Å²) in [5.74, 6) is 1.50. The summed E-state index contributed by atoms with van der Waals surface area (Å²) in [6.45, 7) is 2.46. The van der Waals surface area contributed by atoms with Crippen molar-refractivity contribution in [2.45, 2.75) is 13.5 Å². The predicted octanol–water partition coefficient (Wildman–Crippen LogP) is 1.78. The molecular weight excluding hydrogens is 204 g/mol. The topological polar surface area (TPSA) is 56.7 Å². The maximum atomic E-state index is 5.43. The average Bonchev–Trinajstić information content (AvgIpc) is 2.87. The first-order chi connectivity index (χ1) is 7.83. The summed E-state index contributed by atoms with van der Waals surface area (Å²) in [4.78, 5) is 12.4. The summed E-state index contributed by atoms with van der Waals surface area (Å²) in [6.07, 6.45) is 5.23. The number of hydrogen-bond donors (Lipinski definition) is 0. The predicted molar refractivity (Wildman–Crippen MR) is 57.9 cm³/mol. The lowest BCUT2D eigenvalue weighted by Gasteiger charge is -1.99. The van der Waals surface area contributed by atoms with E-state index in [2.05, 4.69) is 15.0 Å². The third kappa shape index (κ3) is 1.46. The summed E-state index contributed by atoms with van der Waals surface area (Å²) < 4.78 is 7.41. The molecule has 0 saturated carbocycles. The normalized spacial score (nSPS) is 11.1. The smallest absolute Gasteiger partial charge is 0.191 e. The van der Waals surface area contributed by atoms with E-state index in [1.807, 2.05) is 23.6 Å². The minimum atomic E-state index is 0.628. The lowest BCUT2D eigenvalue weighted by Crippen LogP contribution is -1.96. The van der Waals surface area contributed by atoms with E-state index in [9.17, 15) is 0 Å². The molecule has 0 fully saturated rings. The first-order valence-corrected chi connectivity index (χ1v) is 5.00. The second-order valence-corrected chi connectivity index (χ2v) is 3.56. The van der Waals surface area contributed by atoms with Crippen molar-refractivity contribution in [1.82, 2.24) is 19.5 Å². The Morgan fingerprint density at radius 1 is 1.31 bits per heavy atom. The van der Waals surface area contributed by atoms with Crippen molar-refractivity contribution < 1.29 is 4.42 Å². The van der Waals surface area contributed by atoms with Gasteiger partial charge in [-0.1, -0.05) is 0 Å². The number of pyridine rings is 1. The van der Waals surface area contributed by atoms with Gasteiger partial charge in [0, 0.05) is 13.1 Å². The van der Waals surface area contributed by atoms with Crippen LogP contribution in [0.25, 0.3) is 11.2 Å². The zero-order chi connectivity index (χ0) is 11.0. The first kappa shape index (κ1) is 9.08. The van der Waals surface area contributed by atoms with Crippen LogP contribution >= 0.6 is 0 Å². The fraction of sp³-hybridized carbons (Fsp3) is 0.182. The van der Waals surface area contributed by atoms with Crippen LogP contribution in [0.1, 0.15) is 11.7 Å². The molecule has 0 aliphatic rings.